The van der Waals surface area contributed by atoms with Crippen molar-refractivity contribution in [3.63, 3.8) is 0 Å². The Hall–Kier alpha value is -1.15. The zero-order chi connectivity index (χ0) is 28.0. The van der Waals surface area contributed by atoms with E-state index in [4.69, 9.17) is 14.6 Å². The second kappa shape index (κ2) is 20.8. The highest BCUT2D eigenvalue weighted by molar-refractivity contribution is 7.47. The third-order valence-corrected chi connectivity index (χ3v) is 7.37. The van der Waals surface area contributed by atoms with E-state index in [1.165, 1.54) is 70.6 Å². The lowest BCUT2D eigenvalue weighted by Gasteiger charge is -2.28. The van der Waals surface area contributed by atoms with E-state index < -0.39 is 19.8 Å². The molecule has 10 nitrogen and oxygen atoms in total. The van der Waals surface area contributed by atoms with Crippen molar-refractivity contribution in [1.29, 1.82) is 0 Å². The maximum atomic E-state index is 12.8. The first-order valence-corrected chi connectivity index (χ1v) is 15.7. The van der Waals surface area contributed by atoms with Crippen molar-refractivity contribution in [2.75, 3.05) is 54.0 Å². The number of nitrogens with zero attached hydrogens (tertiary/aromatic N) is 4. The monoisotopic (exact) mass is 548 g/mol. The van der Waals surface area contributed by atoms with Gasteiger partial charge in [0.25, 0.3) is 0 Å². The third-order valence-electron chi connectivity index (χ3n) is 6.41. The Morgan fingerprint density at radius 2 is 1.43 bits per heavy atom. The van der Waals surface area contributed by atoms with E-state index in [1.807, 2.05) is 21.1 Å². The van der Waals surface area contributed by atoms with Crippen molar-refractivity contribution in [3.05, 3.63) is 10.4 Å². The Labute approximate surface area is 225 Å². The molecule has 0 fully saturated rings. The molecular formula is C26H55N5O5P+. The van der Waals surface area contributed by atoms with Gasteiger partial charge in [-0.1, -0.05) is 95.5 Å². The number of likely N-dealkylation sites (N-methyl/N-ethyl adjacent to an activating group) is 1. The summed E-state index contributed by atoms with van der Waals surface area (Å²) in [5.74, 6) is -0.374. The van der Waals surface area contributed by atoms with Crippen molar-refractivity contribution in [1.82, 2.24) is 5.32 Å². The Kier molecular flexibility index (Phi) is 20.1. The van der Waals surface area contributed by atoms with Gasteiger partial charge in [0.2, 0.25) is 5.91 Å². The Balaban J connectivity index is 4.13. The van der Waals surface area contributed by atoms with Crippen molar-refractivity contribution in [2.24, 2.45) is 10.5 Å². The van der Waals surface area contributed by atoms with Crippen LogP contribution in [-0.4, -0.2) is 69.3 Å². The molecule has 0 aliphatic carbocycles. The summed E-state index contributed by atoms with van der Waals surface area (Å²) in [6, 6.07) is 0. The molecule has 37 heavy (non-hydrogen) atoms. The molecule has 1 amide bonds. The minimum Gasteiger partial charge on any atom is -0.356 e. The SMILES string of the molecule is CCCCCCCCCCCCCCCCNC(=O)C(C)(CN=[N+]=[N-])COP(=O)(O)OCC[N+](C)(C)C. The summed E-state index contributed by atoms with van der Waals surface area (Å²) < 4.78 is 22.9. The molecular weight excluding hydrogens is 493 g/mol. The summed E-state index contributed by atoms with van der Waals surface area (Å²) in [7, 11) is 1.47. The van der Waals surface area contributed by atoms with E-state index in [9.17, 15) is 14.3 Å². The summed E-state index contributed by atoms with van der Waals surface area (Å²) in [5, 5.41) is 6.36. The van der Waals surface area contributed by atoms with Gasteiger partial charge in [0, 0.05) is 18.0 Å². The summed E-state index contributed by atoms with van der Waals surface area (Å²) in [6.07, 6.45) is 17.7. The lowest BCUT2D eigenvalue weighted by atomic mass is 9.91. The second-order valence-electron chi connectivity index (χ2n) is 11.4. The molecule has 2 unspecified atom stereocenters. The highest BCUT2D eigenvalue weighted by atomic mass is 31.2. The first-order valence-electron chi connectivity index (χ1n) is 14.2. The third kappa shape index (κ3) is 21.5. The molecule has 0 aliphatic rings. The molecule has 0 heterocycles. The van der Waals surface area contributed by atoms with E-state index in [0.29, 0.717) is 17.6 Å². The minimum atomic E-state index is -4.33. The lowest BCUT2D eigenvalue weighted by Crippen LogP contribution is -2.44. The van der Waals surface area contributed by atoms with Gasteiger partial charge in [-0.2, -0.15) is 0 Å². The van der Waals surface area contributed by atoms with Crippen molar-refractivity contribution < 1.29 is 27.8 Å². The molecule has 2 N–H and O–H groups in total. The van der Waals surface area contributed by atoms with Crippen LogP contribution in [0.1, 0.15) is 104 Å². The number of quaternary nitrogens is 1. The van der Waals surface area contributed by atoms with Crippen LogP contribution in [0.4, 0.5) is 0 Å². The molecule has 0 spiro atoms. The Bertz CT molecular complexity index is 697. The molecule has 218 valence electrons. The number of rotatable bonds is 25. The van der Waals surface area contributed by atoms with Gasteiger partial charge >= 0.3 is 7.82 Å². The average Bonchev–Trinajstić information content (AvgIpc) is 2.82. The molecule has 0 saturated carbocycles. The van der Waals surface area contributed by atoms with Crippen LogP contribution in [0.5, 0.6) is 0 Å². The summed E-state index contributed by atoms with van der Waals surface area (Å²) >= 11 is 0. The van der Waals surface area contributed by atoms with Crippen LogP contribution < -0.4 is 5.32 Å². The van der Waals surface area contributed by atoms with Gasteiger partial charge in [-0.05, 0) is 18.9 Å². The van der Waals surface area contributed by atoms with Gasteiger partial charge < -0.3 is 14.7 Å². The summed E-state index contributed by atoms with van der Waals surface area (Å²) in [4.78, 5) is 25.5. The first kappa shape index (κ1) is 35.9. The standard InChI is InChI=1S/C26H54N5O5P/c1-6-7-8-9-10-11-12-13-14-15-16-17-18-19-20-28-25(32)26(2,23-29-30-27)24-36-37(33,34)35-22-21-31(3,4)5/h6-24H2,1-5H3,(H-,28,32,33,34)/p+1. The smallest absolute Gasteiger partial charge is 0.356 e. The molecule has 0 aromatic carbocycles. The highest BCUT2D eigenvalue weighted by Gasteiger charge is 2.36. The van der Waals surface area contributed by atoms with Crippen LogP contribution in [0.25, 0.3) is 10.4 Å². The molecule has 2 atom stereocenters. The number of hydrogen-bond acceptors (Lipinski definition) is 5. The van der Waals surface area contributed by atoms with Gasteiger partial charge in [0.1, 0.15) is 13.2 Å². The number of hydrogen-bond donors (Lipinski definition) is 2. The van der Waals surface area contributed by atoms with Gasteiger partial charge in [-0.15, -0.1) is 0 Å². The predicted molar refractivity (Wildman–Crippen MR) is 150 cm³/mol. The van der Waals surface area contributed by atoms with E-state index in [-0.39, 0.29) is 19.1 Å². The largest absolute Gasteiger partial charge is 0.472 e. The topological polar surface area (TPSA) is 134 Å². The van der Waals surface area contributed by atoms with Crippen LogP contribution in [0.15, 0.2) is 5.11 Å². The van der Waals surface area contributed by atoms with Crippen LogP contribution in [0, 0.1) is 5.41 Å². The van der Waals surface area contributed by atoms with Gasteiger partial charge in [0.05, 0.1) is 33.2 Å². The van der Waals surface area contributed by atoms with E-state index in [0.717, 1.165) is 19.3 Å². The van der Waals surface area contributed by atoms with Crippen LogP contribution in [0.2, 0.25) is 0 Å². The number of phosphoric acid groups is 1. The number of amides is 1. The zero-order valence-corrected chi connectivity index (χ0v) is 25.1. The van der Waals surface area contributed by atoms with Crippen molar-refractivity contribution >= 4 is 13.7 Å². The van der Waals surface area contributed by atoms with E-state index in [2.05, 4.69) is 22.3 Å². The normalized spacial score (nSPS) is 15.0. The number of phosphoric ester groups is 1. The molecule has 11 heteroatoms. The minimum absolute atomic E-state index is 0.0374. The van der Waals surface area contributed by atoms with Crippen molar-refractivity contribution in [2.45, 2.75) is 104 Å². The quantitative estimate of drug-likeness (QED) is 0.0325. The molecule has 0 aliphatic heterocycles. The molecule has 0 bridgehead atoms. The summed E-state index contributed by atoms with van der Waals surface area (Å²) in [5.41, 5.74) is 7.43. The van der Waals surface area contributed by atoms with Crippen molar-refractivity contribution in [3.8, 4) is 0 Å². The Morgan fingerprint density at radius 1 is 0.946 bits per heavy atom. The van der Waals surface area contributed by atoms with Crippen LogP contribution in [0.3, 0.4) is 0 Å². The molecule has 0 saturated heterocycles. The van der Waals surface area contributed by atoms with Gasteiger partial charge in [-0.3, -0.25) is 13.8 Å². The summed E-state index contributed by atoms with van der Waals surface area (Å²) in [6.45, 7) is 4.27. The first-order chi connectivity index (χ1) is 17.5. The fraction of sp³-hybridized carbons (Fsp3) is 0.962. The van der Waals surface area contributed by atoms with Gasteiger partial charge in [-0.25, -0.2) is 4.57 Å². The molecule has 0 radical (unpaired) electrons. The fourth-order valence-electron chi connectivity index (χ4n) is 3.80. The van der Waals surface area contributed by atoms with E-state index >= 15 is 0 Å². The number of azide groups is 1. The number of carbonyl (C=O) groups is 1. The average molecular weight is 549 g/mol. The maximum Gasteiger partial charge on any atom is 0.472 e. The molecule has 0 aromatic heterocycles. The Morgan fingerprint density at radius 3 is 1.89 bits per heavy atom. The number of nitrogens with one attached hydrogen (secondary N) is 1. The molecule has 0 aromatic rings. The number of carbonyl (C=O) groups excluding carboxylic acids is 1. The second-order valence-corrected chi connectivity index (χ2v) is 12.8. The van der Waals surface area contributed by atoms with Gasteiger partial charge in [0.15, 0.2) is 0 Å². The van der Waals surface area contributed by atoms with Crippen LogP contribution in [-0.2, 0) is 18.4 Å². The fourth-order valence-corrected chi connectivity index (χ4v) is 4.63. The van der Waals surface area contributed by atoms with E-state index in [1.54, 1.807) is 6.92 Å². The van der Waals surface area contributed by atoms with Crippen LogP contribution >= 0.6 is 7.82 Å². The zero-order valence-electron chi connectivity index (χ0n) is 24.3. The predicted octanol–water partition coefficient (Wildman–Crippen LogP) is 6.74. The number of unbranched alkanes of at least 4 members (excludes halogenated alkanes) is 13. The lowest BCUT2D eigenvalue weighted by molar-refractivity contribution is -0.870. The molecule has 0 rings (SSSR count). The highest BCUT2D eigenvalue weighted by Crippen LogP contribution is 2.44. The maximum absolute atomic E-state index is 12.8.